The smallest absolute Gasteiger partial charge is 0.336 e. The maximum Gasteiger partial charge on any atom is 0.336 e. The van der Waals surface area contributed by atoms with E-state index in [0.717, 1.165) is 0 Å². The first-order chi connectivity index (χ1) is 8.60. The number of nitrogens with zero attached hydrogens (tertiary/aromatic N) is 2. The van der Waals surface area contributed by atoms with Crippen LogP contribution in [0.4, 0.5) is 5.95 Å². The number of carbonyl (C=O) groups excluding carboxylic acids is 1. The topological polar surface area (TPSA) is 79.9 Å². The van der Waals surface area contributed by atoms with Crippen molar-refractivity contribution in [2.24, 2.45) is 0 Å². The van der Waals surface area contributed by atoms with Gasteiger partial charge in [-0.05, 0) is 34.1 Å². The molecule has 8 heteroatoms. The van der Waals surface area contributed by atoms with Crippen LogP contribution in [0.1, 0.15) is 10.4 Å². The highest BCUT2D eigenvalue weighted by Crippen LogP contribution is 2.22. The van der Waals surface area contributed by atoms with Crippen LogP contribution in [0.15, 0.2) is 22.7 Å². The molecule has 2 N–H and O–H groups in total. The lowest BCUT2D eigenvalue weighted by Crippen LogP contribution is -2.13. The number of carbonyl (C=O) groups is 1. The number of benzene rings is 1. The average molecular weight is 332 g/mol. The highest BCUT2D eigenvalue weighted by molar-refractivity contribution is 9.10. The average Bonchev–Trinajstić information content (AvgIpc) is 2.76. The van der Waals surface area contributed by atoms with E-state index in [0.29, 0.717) is 15.1 Å². The molecule has 18 heavy (non-hydrogen) atoms. The Kier molecular flexibility index (Phi) is 3.83. The van der Waals surface area contributed by atoms with Gasteiger partial charge in [0.05, 0.1) is 12.7 Å². The molecule has 0 unspecified atom stereocenters. The Balaban J connectivity index is 2.16. The Labute approximate surface area is 116 Å². The Morgan fingerprint density at radius 3 is 2.94 bits per heavy atom. The number of rotatable bonds is 3. The molecule has 0 fully saturated rings. The summed E-state index contributed by atoms with van der Waals surface area (Å²) in [7, 11) is 1.44. The van der Waals surface area contributed by atoms with E-state index in [1.807, 2.05) is 0 Å². The lowest BCUT2D eigenvalue weighted by molar-refractivity contribution is 0.102. The van der Waals surface area contributed by atoms with Crippen molar-refractivity contribution in [1.29, 1.82) is 0 Å². The number of amides is 1. The van der Waals surface area contributed by atoms with Crippen LogP contribution in [0.25, 0.3) is 0 Å². The normalized spacial score (nSPS) is 10.2. The second kappa shape index (κ2) is 5.36. The fourth-order valence-electron chi connectivity index (χ4n) is 1.24. The molecule has 6 nitrogen and oxygen atoms in total. The van der Waals surface area contributed by atoms with Crippen LogP contribution in [0.2, 0.25) is 5.02 Å². The minimum Gasteiger partial charge on any atom is -0.466 e. The molecule has 1 aromatic carbocycles. The number of halogens is 2. The van der Waals surface area contributed by atoms with Crippen molar-refractivity contribution >= 4 is 39.4 Å². The van der Waals surface area contributed by atoms with Gasteiger partial charge in [0, 0.05) is 9.50 Å². The molecule has 2 aromatic rings. The Bertz CT molecular complexity index is 587. The van der Waals surface area contributed by atoms with Crippen molar-refractivity contribution in [1.82, 2.24) is 15.2 Å². The summed E-state index contributed by atoms with van der Waals surface area (Å²) in [5.74, 6) is -0.129. The van der Waals surface area contributed by atoms with Crippen LogP contribution in [0, 0.1) is 0 Å². The summed E-state index contributed by atoms with van der Waals surface area (Å²) >= 11 is 9.06. The summed E-state index contributed by atoms with van der Waals surface area (Å²) in [6.45, 7) is 0. The van der Waals surface area contributed by atoms with Gasteiger partial charge in [-0.2, -0.15) is 4.98 Å². The first-order valence-corrected chi connectivity index (χ1v) is 6.00. The summed E-state index contributed by atoms with van der Waals surface area (Å²) < 4.78 is 5.39. The van der Waals surface area contributed by atoms with E-state index >= 15 is 0 Å². The number of anilines is 1. The third kappa shape index (κ3) is 2.80. The zero-order valence-corrected chi connectivity index (χ0v) is 11.5. The molecule has 0 aliphatic carbocycles. The van der Waals surface area contributed by atoms with E-state index < -0.39 is 0 Å². The van der Waals surface area contributed by atoms with Crippen molar-refractivity contribution in [2.75, 3.05) is 12.4 Å². The predicted molar refractivity (Wildman–Crippen MR) is 70.0 cm³/mol. The van der Waals surface area contributed by atoms with Gasteiger partial charge in [-0.25, -0.2) is 5.10 Å². The first-order valence-electron chi connectivity index (χ1n) is 4.83. The number of ether oxygens (including phenoxy) is 1. The second-order valence-corrected chi connectivity index (χ2v) is 4.54. The number of aromatic nitrogens is 3. The van der Waals surface area contributed by atoms with Gasteiger partial charge < -0.3 is 4.74 Å². The third-order valence-corrected chi connectivity index (χ3v) is 2.95. The predicted octanol–water partition coefficient (Wildman–Crippen LogP) is 2.48. The number of hydrogen-bond donors (Lipinski definition) is 2. The molecule has 0 bridgehead atoms. The first kappa shape index (κ1) is 12.8. The second-order valence-electron chi connectivity index (χ2n) is 3.25. The maximum atomic E-state index is 11.9. The number of methoxy groups -OCH3 is 1. The van der Waals surface area contributed by atoms with Crippen LogP contribution < -0.4 is 10.1 Å². The van der Waals surface area contributed by atoms with Gasteiger partial charge in [-0.3, -0.25) is 10.1 Å². The van der Waals surface area contributed by atoms with Gasteiger partial charge in [0.25, 0.3) is 5.91 Å². The minimum atomic E-state index is -0.336. The highest BCUT2D eigenvalue weighted by atomic mass is 79.9. The molecular weight excluding hydrogens is 323 g/mol. The van der Waals surface area contributed by atoms with E-state index in [2.05, 4.69) is 36.4 Å². The molecule has 0 spiro atoms. The van der Waals surface area contributed by atoms with Gasteiger partial charge in [-0.1, -0.05) is 11.6 Å². The molecule has 1 aromatic heterocycles. The lowest BCUT2D eigenvalue weighted by atomic mass is 10.2. The molecule has 2 rings (SSSR count). The molecule has 0 atom stereocenters. The monoisotopic (exact) mass is 330 g/mol. The molecule has 1 amide bonds. The molecule has 0 saturated heterocycles. The van der Waals surface area contributed by atoms with Gasteiger partial charge >= 0.3 is 6.01 Å². The van der Waals surface area contributed by atoms with Crippen molar-refractivity contribution in [2.45, 2.75) is 0 Å². The largest absolute Gasteiger partial charge is 0.466 e. The molecule has 0 saturated carbocycles. The summed E-state index contributed by atoms with van der Waals surface area (Å²) in [6, 6.07) is 5.02. The molecule has 94 valence electrons. The van der Waals surface area contributed by atoms with E-state index in [9.17, 15) is 4.79 Å². The van der Waals surface area contributed by atoms with E-state index in [-0.39, 0.29) is 17.9 Å². The fraction of sp³-hybridized carbons (Fsp3) is 0.100. The van der Waals surface area contributed by atoms with Gasteiger partial charge in [0.15, 0.2) is 0 Å². The number of H-pyrrole nitrogens is 1. The SMILES string of the molecule is COc1n[nH]c(NC(=O)c2ccc(Cl)cc2Br)n1. The lowest BCUT2D eigenvalue weighted by Gasteiger charge is -2.04. The van der Waals surface area contributed by atoms with Crippen LogP contribution >= 0.6 is 27.5 Å². The Morgan fingerprint density at radius 2 is 2.33 bits per heavy atom. The van der Waals surface area contributed by atoms with E-state index in [1.54, 1.807) is 18.2 Å². The van der Waals surface area contributed by atoms with E-state index in [4.69, 9.17) is 16.3 Å². The maximum absolute atomic E-state index is 11.9. The summed E-state index contributed by atoms with van der Waals surface area (Å²) in [5, 5.41) is 9.33. The zero-order valence-electron chi connectivity index (χ0n) is 9.20. The zero-order chi connectivity index (χ0) is 13.1. The highest BCUT2D eigenvalue weighted by Gasteiger charge is 2.12. The molecular formula is C10H8BrClN4O2. The van der Waals surface area contributed by atoms with Gasteiger partial charge in [-0.15, -0.1) is 5.10 Å². The quantitative estimate of drug-likeness (QED) is 0.905. The minimum absolute atomic E-state index is 0.153. The number of nitrogens with one attached hydrogen (secondary N) is 2. The molecule has 0 aliphatic rings. The molecule has 0 aliphatic heterocycles. The molecule has 1 heterocycles. The Hall–Kier alpha value is -1.60. The summed E-state index contributed by atoms with van der Waals surface area (Å²) in [6.07, 6.45) is 0. The third-order valence-electron chi connectivity index (χ3n) is 2.06. The van der Waals surface area contributed by atoms with Crippen molar-refractivity contribution < 1.29 is 9.53 Å². The molecule has 0 radical (unpaired) electrons. The number of aromatic amines is 1. The standard InChI is InChI=1S/C10H8BrClN4O2/c1-18-10-14-9(15-16-10)13-8(17)6-3-2-5(12)4-7(6)11/h2-4H,1H3,(H2,13,14,15,16,17). The summed E-state index contributed by atoms with van der Waals surface area (Å²) in [4.78, 5) is 15.8. The van der Waals surface area contributed by atoms with Crippen LogP contribution in [0.3, 0.4) is 0 Å². The van der Waals surface area contributed by atoms with Gasteiger partial charge in [0.2, 0.25) is 5.95 Å². The van der Waals surface area contributed by atoms with Crippen LogP contribution in [-0.4, -0.2) is 28.2 Å². The van der Waals surface area contributed by atoms with Crippen molar-refractivity contribution in [3.63, 3.8) is 0 Å². The van der Waals surface area contributed by atoms with Crippen LogP contribution in [-0.2, 0) is 0 Å². The van der Waals surface area contributed by atoms with Crippen molar-refractivity contribution in [3.8, 4) is 6.01 Å². The Morgan fingerprint density at radius 1 is 1.56 bits per heavy atom. The van der Waals surface area contributed by atoms with Gasteiger partial charge in [0.1, 0.15) is 0 Å². The van der Waals surface area contributed by atoms with Crippen LogP contribution in [0.5, 0.6) is 6.01 Å². The fourth-order valence-corrected chi connectivity index (χ4v) is 2.10. The number of hydrogen-bond acceptors (Lipinski definition) is 4. The summed E-state index contributed by atoms with van der Waals surface area (Å²) in [5.41, 5.74) is 0.440. The van der Waals surface area contributed by atoms with Crippen molar-refractivity contribution in [3.05, 3.63) is 33.3 Å². The van der Waals surface area contributed by atoms with E-state index in [1.165, 1.54) is 7.11 Å².